The fourth-order valence-electron chi connectivity index (χ4n) is 0.291. The predicted octanol–water partition coefficient (Wildman–Crippen LogP) is 2.14. The highest BCUT2D eigenvalue weighted by atomic mass is 35.5. The quantitative estimate of drug-likeness (QED) is 0.436. The molecule has 0 fully saturated rings. The van der Waals surface area contributed by atoms with Crippen molar-refractivity contribution in [1.29, 1.82) is 0 Å². The molecule has 1 unspecified atom stereocenters. The number of rotatable bonds is 3. The van der Waals surface area contributed by atoms with Gasteiger partial charge in [0.1, 0.15) is 5.76 Å². The highest BCUT2D eigenvalue weighted by molar-refractivity contribution is 7.52. The third-order valence-corrected chi connectivity index (χ3v) is 1.62. The molecule has 0 saturated carbocycles. The summed E-state index contributed by atoms with van der Waals surface area (Å²) in [5.74, 6) is 0.0821. The van der Waals surface area contributed by atoms with Crippen LogP contribution in [0.5, 0.6) is 0 Å². The number of hydrogen-bond donors (Lipinski definition) is 1. The van der Waals surface area contributed by atoms with Gasteiger partial charge >= 0.3 is 7.60 Å². The minimum atomic E-state index is -3.49. The van der Waals surface area contributed by atoms with Crippen molar-refractivity contribution in [2.75, 3.05) is 12.5 Å². The molecule has 1 atom stereocenters. The van der Waals surface area contributed by atoms with Crippen molar-refractivity contribution in [3.05, 3.63) is 11.3 Å². The van der Waals surface area contributed by atoms with E-state index in [1.165, 1.54) is 0 Å². The Morgan fingerprint density at radius 1 is 1.90 bits per heavy atom. The standard InChI is InChI=1S/C4H7Cl2O3P/c1-10(7,8)9-4(2-5)3-6/h2H,3H2,1H3,(H,7,8)/b4-2-. The largest absolute Gasteiger partial charge is 0.427 e. The van der Waals surface area contributed by atoms with Gasteiger partial charge < -0.3 is 9.42 Å². The van der Waals surface area contributed by atoms with Gasteiger partial charge in [-0.25, -0.2) is 4.57 Å². The predicted molar refractivity (Wildman–Crippen MR) is 41.5 cm³/mol. The zero-order valence-electron chi connectivity index (χ0n) is 5.25. The second kappa shape index (κ2) is 4.24. The molecule has 0 aliphatic carbocycles. The zero-order chi connectivity index (χ0) is 8.20. The molecule has 0 aromatic rings. The summed E-state index contributed by atoms with van der Waals surface area (Å²) in [4.78, 5) is 8.63. The Bertz CT molecular complexity index is 173. The Labute approximate surface area is 69.1 Å². The van der Waals surface area contributed by atoms with Crippen molar-refractivity contribution in [2.24, 2.45) is 0 Å². The maximum atomic E-state index is 10.5. The van der Waals surface area contributed by atoms with Crippen LogP contribution in [0.25, 0.3) is 0 Å². The lowest BCUT2D eigenvalue weighted by atomic mass is 10.7. The molecule has 0 aliphatic rings. The molecule has 0 spiro atoms. The van der Waals surface area contributed by atoms with Crippen molar-refractivity contribution in [3.8, 4) is 0 Å². The number of hydrogen-bond acceptors (Lipinski definition) is 2. The first-order valence-electron chi connectivity index (χ1n) is 2.34. The molecule has 60 valence electrons. The Balaban J connectivity index is 4.02. The van der Waals surface area contributed by atoms with Crippen LogP contribution < -0.4 is 0 Å². The molecular formula is C4H7Cl2O3P. The highest BCUT2D eigenvalue weighted by Crippen LogP contribution is 2.39. The maximum Gasteiger partial charge on any atom is 0.373 e. The monoisotopic (exact) mass is 204 g/mol. The lowest BCUT2D eigenvalue weighted by Gasteiger charge is -2.08. The third kappa shape index (κ3) is 5.12. The molecular weight excluding hydrogens is 198 g/mol. The molecule has 0 aromatic heterocycles. The SMILES string of the molecule is CP(=O)(O)O/C(=C\Cl)CCl. The second-order valence-electron chi connectivity index (χ2n) is 1.60. The molecule has 0 radical (unpaired) electrons. The lowest BCUT2D eigenvalue weighted by Crippen LogP contribution is -1.89. The van der Waals surface area contributed by atoms with Crippen LogP contribution in [0.15, 0.2) is 11.3 Å². The van der Waals surface area contributed by atoms with Crippen LogP contribution >= 0.6 is 30.8 Å². The number of alkyl halides is 1. The van der Waals surface area contributed by atoms with E-state index in [1.54, 1.807) is 0 Å². The fourth-order valence-corrected chi connectivity index (χ4v) is 1.31. The molecule has 1 N–H and O–H groups in total. The van der Waals surface area contributed by atoms with Gasteiger partial charge in [-0.3, -0.25) is 0 Å². The van der Waals surface area contributed by atoms with Gasteiger partial charge in [0.25, 0.3) is 0 Å². The van der Waals surface area contributed by atoms with Gasteiger partial charge in [0, 0.05) is 12.2 Å². The minimum Gasteiger partial charge on any atom is -0.427 e. The van der Waals surface area contributed by atoms with Gasteiger partial charge in [-0.15, -0.1) is 11.6 Å². The van der Waals surface area contributed by atoms with Crippen LogP contribution in [-0.2, 0) is 9.09 Å². The second-order valence-corrected chi connectivity index (χ2v) is 3.88. The van der Waals surface area contributed by atoms with Crippen LogP contribution in [0.4, 0.5) is 0 Å². The van der Waals surface area contributed by atoms with Gasteiger partial charge in [0.15, 0.2) is 0 Å². The average Bonchev–Trinajstić information content (AvgIpc) is 1.81. The van der Waals surface area contributed by atoms with Crippen LogP contribution in [0.1, 0.15) is 0 Å². The summed E-state index contributed by atoms with van der Waals surface area (Å²) < 4.78 is 15.0. The minimum absolute atomic E-state index is 0.0120. The summed E-state index contributed by atoms with van der Waals surface area (Å²) >= 11 is 10.4. The van der Waals surface area contributed by atoms with Crippen molar-refractivity contribution in [3.63, 3.8) is 0 Å². The van der Waals surface area contributed by atoms with Crippen LogP contribution in [-0.4, -0.2) is 17.4 Å². The molecule has 0 aliphatic heterocycles. The first kappa shape index (κ1) is 10.3. The van der Waals surface area contributed by atoms with E-state index in [0.717, 1.165) is 12.2 Å². The van der Waals surface area contributed by atoms with E-state index in [9.17, 15) is 4.57 Å². The molecule has 0 heterocycles. The topological polar surface area (TPSA) is 46.5 Å². The molecule has 0 bridgehead atoms. The van der Waals surface area contributed by atoms with Crippen LogP contribution in [0, 0.1) is 0 Å². The van der Waals surface area contributed by atoms with Crippen molar-refractivity contribution < 1.29 is 14.0 Å². The number of halogens is 2. The molecule has 10 heavy (non-hydrogen) atoms. The molecule has 0 amide bonds. The molecule has 0 aromatic carbocycles. The van der Waals surface area contributed by atoms with Crippen molar-refractivity contribution >= 4 is 30.8 Å². The van der Waals surface area contributed by atoms with Gasteiger partial charge in [-0.05, 0) is 0 Å². The Hall–Kier alpha value is 0.310. The van der Waals surface area contributed by atoms with E-state index in [0.29, 0.717) is 0 Å². The Kier molecular flexibility index (Phi) is 4.37. The van der Waals surface area contributed by atoms with Crippen LogP contribution in [0.2, 0.25) is 0 Å². The first-order chi connectivity index (χ1) is 4.49. The molecule has 0 rings (SSSR count). The first-order valence-corrected chi connectivity index (χ1v) is 5.34. The van der Waals surface area contributed by atoms with Gasteiger partial charge in [0.05, 0.1) is 5.88 Å². The van der Waals surface area contributed by atoms with E-state index in [2.05, 4.69) is 4.52 Å². The highest BCUT2D eigenvalue weighted by Gasteiger charge is 2.12. The molecule has 3 nitrogen and oxygen atoms in total. The van der Waals surface area contributed by atoms with E-state index in [4.69, 9.17) is 28.1 Å². The molecule has 6 heteroatoms. The third-order valence-electron chi connectivity index (χ3n) is 0.540. The summed E-state index contributed by atoms with van der Waals surface area (Å²) in [6.45, 7) is 1.06. The van der Waals surface area contributed by atoms with Crippen molar-refractivity contribution in [2.45, 2.75) is 0 Å². The summed E-state index contributed by atoms with van der Waals surface area (Å²) in [7, 11) is -3.49. The van der Waals surface area contributed by atoms with E-state index in [1.807, 2.05) is 0 Å². The van der Waals surface area contributed by atoms with Gasteiger partial charge in [-0.1, -0.05) is 11.6 Å². The number of allylic oxidation sites excluding steroid dienone is 1. The normalized spacial score (nSPS) is 18.2. The smallest absolute Gasteiger partial charge is 0.373 e. The Morgan fingerprint density at radius 3 is 2.50 bits per heavy atom. The summed E-state index contributed by atoms with van der Waals surface area (Å²) in [5.41, 5.74) is 1.03. The van der Waals surface area contributed by atoms with Crippen LogP contribution in [0.3, 0.4) is 0 Å². The zero-order valence-corrected chi connectivity index (χ0v) is 7.66. The maximum absolute atomic E-state index is 10.5. The average molecular weight is 205 g/mol. The Morgan fingerprint density at radius 2 is 2.40 bits per heavy atom. The van der Waals surface area contributed by atoms with Crippen molar-refractivity contribution in [1.82, 2.24) is 0 Å². The van der Waals surface area contributed by atoms with Gasteiger partial charge in [-0.2, -0.15) is 0 Å². The van der Waals surface area contributed by atoms with E-state index >= 15 is 0 Å². The summed E-state index contributed by atoms with van der Waals surface area (Å²) in [5, 5.41) is 0. The lowest BCUT2D eigenvalue weighted by molar-refractivity contribution is 0.333. The van der Waals surface area contributed by atoms with E-state index in [-0.39, 0.29) is 11.6 Å². The fraction of sp³-hybridized carbons (Fsp3) is 0.500. The van der Waals surface area contributed by atoms with Gasteiger partial charge in [0.2, 0.25) is 0 Å². The van der Waals surface area contributed by atoms with E-state index < -0.39 is 7.60 Å². The summed E-state index contributed by atoms with van der Waals surface area (Å²) in [6.07, 6.45) is 0. The molecule has 0 saturated heterocycles. The summed E-state index contributed by atoms with van der Waals surface area (Å²) in [6, 6.07) is 0.